The van der Waals surface area contributed by atoms with Gasteiger partial charge in [0.1, 0.15) is 6.04 Å². The van der Waals surface area contributed by atoms with Crippen molar-refractivity contribution in [3.8, 4) is 0 Å². The van der Waals surface area contributed by atoms with Crippen molar-refractivity contribution in [3.05, 3.63) is 35.9 Å². The van der Waals surface area contributed by atoms with Gasteiger partial charge in [0.05, 0.1) is 0 Å². The van der Waals surface area contributed by atoms with Crippen molar-refractivity contribution in [1.82, 2.24) is 10.2 Å². The van der Waals surface area contributed by atoms with Crippen molar-refractivity contribution in [2.45, 2.75) is 31.8 Å². The van der Waals surface area contributed by atoms with Crippen molar-refractivity contribution in [3.63, 3.8) is 0 Å². The number of nitrogens with one attached hydrogen (secondary N) is 1. The van der Waals surface area contributed by atoms with E-state index in [9.17, 15) is 9.59 Å². The van der Waals surface area contributed by atoms with Crippen LogP contribution in [0.3, 0.4) is 0 Å². The van der Waals surface area contributed by atoms with Gasteiger partial charge in [0.2, 0.25) is 12.3 Å². The molecule has 0 radical (unpaired) electrons. The number of carbonyl (C=O) groups is 2. The number of benzene rings is 1. The maximum Gasteiger partial charge on any atom is 0.243 e. The highest BCUT2D eigenvalue weighted by Gasteiger charge is 2.27. The number of nitrogens with zero attached hydrogens (tertiary/aromatic N) is 1. The number of piperidine rings is 1. The summed E-state index contributed by atoms with van der Waals surface area (Å²) in [5.74, 6) is -0.0503. The van der Waals surface area contributed by atoms with Gasteiger partial charge in [-0.2, -0.15) is 0 Å². The topological polar surface area (TPSA) is 49.4 Å². The third-order valence-corrected chi connectivity index (χ3v) is 3.29. The number of hydrogen-bond donors (Lipinski definition) is 1. The lowest BCUT2D eigenvalue weighted by Crippen LogP contribution is -2.48. The first-order valence-electron chi connectivity index (χ1n) is 6.34. The van der Waals surface area contributed by atoms with E-state index in [1.54, 1.807) is 4.90 Å². The van der Waals surface area contributed by atoms with Crippen LogP contribution in [0.5, 0.6) is 0 Å². The molecule has 0 aliphatic carbocycles. The average molecular weight is 246 g/mol. The van der Waals surface area contributed by atoms with Crippen LogP contribution in [0.15, 0.2) is 30.3 Å². The van der Waals surface area contributed by atoms with E-state index in [1.807, 2.05) is 30.3 Å². The molecular formula is C14H18N2O2. The van der Waals surface area contributed by atoms with Gasteiger partial charge in [-0.1, -0.05) is 30.3 Å². The summed E-state index contributed by atoms with van der Waals surface area (Å²) in [6, 6.07) is 9.48. The molecule has 1 atom stereocenters. The first-order chi connectivity index (χ1) is 8.81. The largest absolute Gasteiger partial charge is 0.350 e. The fraction of sp³-hybridized carbons (Fsp3) is 0.429. The fourth-order valence-electron chi connectivity index (χ4n) is 2.26. The molecule has 0 saturated carbocycles. The molecule has 1 saturated heterocycles. The van der Waals surface area contributed by atoms with E-state index in [0.29, 0.717) is 13.1 Å². The minimum absolute atomic E-state index is 0.0503. The molecule has 1 fully saturated rings. The summed E-state index contributed by atoms with van der Waals surface area (Å²) in [6.45, 7) is 1.20. The molecule has 1 aromatic carbocycles. The van der Waals surface area contributed by atoms with Crippen LogP contribution in [0.4, 0.5) is 0 Å². The minimum Gasteiger partial charge on any atom is -0.350 e. The van der Waals surface area contributed by atoms with Crippen molar-refractivity contribution in [2.75, 3.05) is 6.54 Å². The molecule has 1 aliphatic heterocycles. The second kappa shape index (κ2) is 6.19. The van der Waals surface area contributed by atoms with Crippen molar-refractivity contribution in [1.29, 1.82) is 0 Å². The van der Waals surface area contributed by atoms with E-state index >= 15 is 0 Å². The van der Waals surface area contributed by atoms with E-state index in [1.165, 1.54) is 0 Å². The standard InChI is InChI=1S/C14H18N2O2/c17-11-16-9-5-4-8-13(16)14(18)15-10-12-6-2-1-3-7-12/h1-3,6-7,11,13H,4-5,8-10H2,(H,15,18). The smallest absolute Gasteiger partial charge is 0.243 e. The molecular weight excluding hydrogens is 228 g/mol. The Morgan fingerprint density at radius 1 is 1.33 bits per heavy atom. The maximum atomic E-state index is 12.0. The third kappa shape index (κ3) is 3.09. The highest BCUT2D eigenvalue weighted by atomic mass is 16.2. The Bertz CT molecular complexity index is 406. The molecule has 1 heterocycles. The van der Waals surface area contributed by atoms with E-state index in [2.05, 4.69) is 5.32 Å². The van der Waals surface area contributed by atoms with Crippen molar-refractivity contribution < 1.29 is 9.59 Å². The SMILES string of the molecule is O=CN1CCCCC1C(=O)NCc1ccccc1. The number of amides is 2. The zero-order chi connectivity index (χ0) is 12.8. The maximum absolute atomic E-state index is 12.0. The van der Waals surface area contributed by atoms with Gasteiger partial charge >= 0.3 is 0 Å². The van der Waals surface area contributed by atoms with Crippen LogP contribution in [0.1, 0.15) is 24.8 Å². The highest BCUT2D eigenvalue weighted by molar-refractivity contribution is 5.83. The van der Waals surface area contributed by atoms with E-state index in [-0.39, 0.29) is 11.9 Å². The molecule has 18 heavy (non-hydrogen) atoms. The Morgan fingerprint density at radius 3 is 2.83 bits per heavy atom. The Labute approximate surface area is 107 Å². The second-order valence-corrected chi connectivity index (χ2v) is 4.56. The molecule has 4 heteroatoms. The van der Waals surface area contributed by atoms with Crippen LogP contribution >= 0.6 is 0 Å². The van der Waals surface area contributed by atoms with Crippen LogP contribution in [0.2, 0.25) is 0 Å². The van der Waals surface area contributed by atoms with Crippen LogP contribution < -0.4 is 5.32 Å². The van der Waals surface area contributed by atoms with Gasteiger partial charge in [0.15, 0.2) is 0 Å². The molecule has 1 aliphatic rings. The summed E-state index contributed by atoms with van der Waals surface area (Å²) >= 11 is 0. The van der Waals surface area contributed by atoms with Crippen molar-refractivity contribution >= 4 is 12.3 Å². The predicted molar refractivity (Wildman–Crippen MR) is 68.7 cm³/mol. The normalized spacial score (nSPS) is 19.3. The first kappa shape index (κ1) is 12.6. The molecule has 1 aromatic rings. The summed E-state index contributed by atoms with van der Waals surface area (Å²) in [4.78, 5) is 24.5. The van der Waals surface area contributed by atoms with Gasteiger partial charge in [-0.15, -0.1) is 0 Å². The zero-order valence-corrected chi connectivity index (χ0v) is 10.3. The molecule has 4 nitrogen and oxygen atoms in total. The van der Waals surface area contributed by atoms with Crippen LogP contribution in [0.25, 0.3) is 0 Å². The third-order valence-electron chi connectivity index (χ3n) is 3.29. The second-order valence-electron chi connectivity index (χ2n) is 4.56. The quantitative estimate of drug-likeness (QED) is 0.814. The number of carbonyl (C=O) groups excluding carboxylic acids is 2. The molecule has 1 unspecified atom stereocenters. The van der Waals surface area contributed by atoms with Gasteiger partial charge in [0, 0.05) is 13.1 Å². The zero-order valence-electron chi connectivity index (χ0n) is 10.3. The van der Waals surface area contributed by atoms with Crippen LogP contribution in [-0.4, -0.2) is 29.8 Å². The molecule has 2 amide bonds. The lowest BCUT2D eigenvalue weighted by molar-refractivity contribution is -0.134. The van der Waals surface area contributed by atoms with Crippen LogP contribution in [-0.2, 0) is 16.1 Å². The molecule has 0 aromatic heterocycles. The lowest BCUT2D eigenvalue weighted by Gasteiger charge is -2.31. The Balaban J connectivity index is 1.89. The molecule has 0 bridgehead atoms. The number of rotatable bonds is 4. The highest BCUT2D eigenvalue weighted by Crippen LogP contribution is 2.15. The Kier molecular flexibility index (Phi) is 4.34. The predicted octanol–water partition coefficient (Wildman–Crippen LogP) is 1.31. The summed E-state index contributed by atoms with van der Waals surface area (Å²) in [7, 11) is 0. The van der Waals surface area contributed by atoms with Crippen LogP contribution in [0, 0.1) is 0 Å². The van der Waals surface area contributed by atoms with E-state index in [4.69, 9.17) is 0 Å². The van der Waals surface area contributed by atoms with E-state index in [0.717, 1.165) is 31.2 Å². The van der Waals surface area contributed by atoms with Gasteiger partial charge in [0.25, 0.3) is 0 Å². The Morgan fingerprint density at radius 2 is 2.11 bits per heavy atom. The first-order valence-corrected chi connectivity index (χ1v) is 6.34. The molecule has 0 spiro atoms. The van der Waals surface area contributed by atoms with Gasteiger partial charge in [-0.3, -0.25) is 9.59 Å². The van der Waals surface area contributed by atoms with Gasteiger partial charge in [-0.05, 0) is 24.8 Å². The minimum atomic E-state index is -0.292. The number of likely N-dealkylation sites (tertiary alicyclic amines) is 1. The number of hydrogen-bond acceptors (Lipinski definition) is 2. The summed E-state index contributed by atoms with van der Waals surface area (Å²) < 4.78 is 0. The molecule has 1 N–H and O–H groups in total. The summed E-state index contributed by atoms with van der Waals surface area (Å²) in [5, 5.41) is 2.89. The fourth-order valence-corrected chi connectivity index (χ4v) is 2.26. The molecule has 96 valence electrons. The van der Waals surface area contributed by atoms with Gasteiger partial charge < -0.3 is 10.2 Å². The van der Waals surface area contributed by atoms with Crippen molar-refractivity contribution in [2.24, 2.45) is 0 Å². The monoisotopic (exact) mass is 246 g/mol. The summed E-state index contributed by atoms with van der Waals surface area (Å²) in [5.41, 5.74) is 1.07. The molecule has 2 rings (SSSR count). The van der Waals surface area contributed by atoms with E-state index < -0.39 is 0 Å². The summed E-state index contributed by atoms with van der Waals surface area (Å²) in [6.07, 6.45) is 3.54. The Hall–Kier alpha value is -1.84. The average Bonchev–Trinajstić information content (AvgIpc) is 2.45. The lowest BCUT2D eigenvalue weighted by atomic mass is 10.0. The van der Waals surface area contributed by atoms with Gasteiger partial charge in [-0.25, -0.2) is 0 Å².